The Labute approximate surface area is 230 Å². The van der Waals surface area contributed by atoms with Crippen LogP contribution < -0.4 is 29.2 Å². The maximum atomic E-state index is 13.3. The molecule has 0 spiro atoms. The summed E-state index contributed by atoms with van der Waals surface area (Å²) in [7, 11) is 0. The van der Waals surface area contributed by atoms with Crippen molar-refractivity contribution in [1.82, 2.24) is 5.32 Å². The molecule has 38 heavy (non-hydrogen) atoms. The van der Waals surface area contributed by atoms with Crippen LogP contribution in [0.1, 0.15) is 18.1 Å². The van der Waals surface area contributed by atoms with E-state index in [1.54, 1.807) is 12.1 Å². The minimum Gasteiger partial charge on any atom is -0.490 e. The first-order valence-corrected chi connectivity index (χ1v) is 12.6. The Morgan fingerprint density at radius 3 is 2.55 bits per heavy atom. The van der Waals surface area contributed by atoms with E-state index in [4.69, 9.17) is 18.9 Å². The van der Waals surface area contributed by atoms with Gasteiger partial charge in [0.25, 0.3) is 11.8 Å². The maximum absolute atomic E-state index is 13.3. The number of halogens is 2. The van der Waals surface area contributed by atoms with Gasteiger partial charge in [-0.2, -0.15) is 0 Å². The molecule has 0 bridgehead atoms. The van der Waals surface area contributed by atoms with Crippen molar-refractivity contribution in [2.24, 2.45) is 0 Å². The van der Waals surface area contributed by atoms with Crippen LogP contribution in [-0.4, -0.2) is 31.2 Å². The molecule has 3 aromatic rings. The van der Waals surface area contributed by atoms with Crippen LogP contribution in [-0.2, 0) is 16.2 Å². The van der Waals surface area contributed by atoms with E-state index in [-0.39, 0.29) is 24.7 Å². The molecule has 2 aliphatic rings. The minimum atomic E-state index is -0.916. The van der Waals surface area contributed by atoms with Crippen LogP contribution in [0.5, 0.6) is 23.0 Å². The predicted molar refractivity (Wildman–Crippen MR) is 143 cm³/mol. The van der Waals surface area contributed by atoms with Gasteiger partial charge in [0.2, 0.25) is 6.79 Å². The summed E-state index contributed by atoms with van der Waals surface area (Å²) >= 11 is 2.08. The third-order valence-electron chi connectivity index (χ3n) is 5.65. The molecule has 1 saturated heterocycles. The Bertz CT molecular complexity index is 1470. The summed E-state index contributed by atoms with van der Waals surface area (Å²) in [4.78, 5) is 38.9. The number of nitrogens with one attached hydrogen (secondary N) is 1. The zero-order chi connectivity index (χ0) is 26.8. The summed E-state index contributed by atoms with van der Waals surface area (Å²) in [6.45, 7) is 2.59. The van der Waals surface area contributed by atoms with Crippen molar-refractivity contribution < 1.29 is 37.7 Å². The number of imide groups is 2. The summed E-state index contributed by atoms with van der Waals surface area (Å²) in [5, 5.41) is 2.15. The van der Waals surface area contributed by atoms with E-state index in [0.29, 0.717) is 38.7 Å². The third kappa shape index (κ3) is 5.14. The number of carbonyl (C=O) groups excluding carboxylic acids is 3. The topological polar surface area (TPSA) is 103 Å². The summed E-state index contributed by atoms with van der Waals surface area (Å²) < 4.78 is 36.6. The molecule has 3 aromatic carbocycles. The number of hydrogen-bond donors (Lipinski definition) is 1. The highest BCUT2D eigenvalue weighted by atomic mass is 127. The molecule has 2 aliphatic heterocycles. The van der Waals surface area contributed by atoms with Crippen LogP contribution >= 0.6 is 22.6 Å². The van der Waals surface area contributed by atoms with Crippen molar-refractivity contribution in [2.75, 3.05) is 18.3 Å². The summed E-state index contributed by atoms with van der Waals surface area (Å²) in [6, 6.07) is 12.8. The zero-order valence-electron chi connectivity index (χ0n) is 20.0. The van der Waals surface area contributed by atoms with Crippen LogP contribution in [0.25, 0.3) is 6.08 Å². The lowest BCUT2D eigenvalue weighted by Crippen LogP contribution is -2.54. The van der Waals surface area contributed by atoms with Crippen LogP contribution in [0.2, 0.25) is 0 Å². The molecule has 0 aliphatic carbocycles. The van der Waals surface area contributed by atoms with Crippen LogP contribution in [0.15, 0.2) is 60.2 Å². The lowest BCUT2D eigenvalue weighted by molar-refractivity contribution is -0.122. The van der Waals surface area contributed by atoms with E-state index >= 15 is 0 Å². The molecule has 0 radical (unpaired) electrons. The number of carbonyl (C=O) groups is 3. The number of barbiturate groups is 1. The molecular formula is C27H20FIN2O7. The molecule has 11 heteroatoms. The highest BCUT2D eigenvalue weighted by Gasteiger charge is 2.37. The van der Waals surface area contributed by atoms with E-state index in [0.717, 1.165) is 22.6 Å². The SMILES string of the molecule is CCOc1cc(/C=C2\C(=O)NC(=O)N(c3ccc(F)cc3)C2=O)cc(I)c1OCc1ccc2c(c1)OCO2. The van der Waals surface area contributed by atoms with Gasteiger partial charge in [-0.05, 0) is 95.2 Å². The first-order valence-electron chi connectivity index (χ1n) is 11.5. The zero-order valence-corrected chi connectivity index (χ0v) is 22.1. The standard InChI is InChI=1S/C27H20FIN2O7/c1-2-35-23-12-16(10-20(29)24(23)36-13-15-3-8-21-22(11-15)38-14-37-21)9-19-25(32)30-27(34)31(26(19)33)18-6-4-17(28)5-7-18/h3-12H,2,13-14H2,1H3,(H,30,32,34)/b19-9+. The van der Waals surface area contributed by atoms with Crippen LogP contribution in [0.3, 0.4) is 0 Å². The van der Waals surface area contributed by atoms with E-state index in [9.17, 15) is 18.8 Å². The Balaban J connectivity index is 1.42. The van der Waals surface area contributed by atoms with Gasteiger partial charge in [0.05, 0.1) is 15.9 Å². The Morgan fingerprint density at radius 1 is 1.03 bits per heavy atom. The van der Waals surface area contributed by atoms with Crippen molar-refractivity contribution in [1.29, 1.82) is 0 Å². The van der Waals surface area contributed by atoms with E-state index < -0.39 is 23.7 Å². The average Bonchev–Trinajstić information content (AvgIpc) is 3.35. The molecule has 0 aromatic heterocycles. The molecule has 2 heterocycles. The fourth-order valence-electron chi connectivity index (χ4n) is 3.91. The van der Waals surface area contributed by atoms with Gasteiger partial charge in [0.1, 0.15) is 18.0 Å². The molecular weight excluding hydrogens is 610 g/mol. The Hall–Kier alpha value is -4.13. The van der Waals surface area contributed by atoms with Gasteiger partial charge >= 0.3 is 6.03 Å². The van der Waals surface area contributed by atoms with Crippen molar-refractivity contribution in [3.63, 3.8) is 0 Å². The second-order valence-corrected chi connectivity index (χ2v) is 9.34. The number of ether oxygens (including phenoxy) is 4. The highest BCUT2D eigenvalue weighted by molar-refractivity contribution is 14.1. The predicted octanol–water partition coefficient (Wildman–Crippen LogP) is 4.80. The van der Waals surface area contributed by atoms with Gasteiger partial charge in [-0.15, -0.1) is 0 Å². The van der Waals surface area contributed by atoms with Gasteiger partial charge in [-0.25, -0.2) is 14.1 Å². The molecule has 4 amide bonds. The van der Waals surface area contributed by atoms with Crippen molar-refractivity contribution in [3.8, 4) is 23.0 Å². The normalized spacial score (nSPS) is 15.6. The fraction of sp³-hybridized carbons (Fsp3) is 0.148. The van der Waals surface area contributed by atoms with Gasteiger partial charge < -0.3 is 18.9 Å². The summed E-state index contributed by atoms with van der Waals surface area (Å²) in [6.07, 6.45) is 1.37. The fourth-order valence-corrected chi connectivity index (χ4v) is 4.69. The largest absolute Gasteiger partial charge is 0.490 e. The first-order chi connectivity index (χ1) is 18.3. The molecule has 1 fully saturated rings. The highest BCUT2D eigenvalue weighted by Crippen LogP contribution is 2.37. The van der Waals surface area contributed by atoms with E-state index in [1.165, 1.54) is 18.2 Å². The van der Waals surface area contributed by atoms with Gasteiger partial charge in [0, 0.05) is 0 Å². The minimum absolute atomic E-state index is 0.129. The molecule has 0 unspecified atom stereocenters. The Morgan fingerprint density at radius 2 is 1.79 bits per heavy atom. The van der Waals surface area contributed by atoms with Crippen LogP contribution in [0.4, 0.5) is 14.9 Å². The second kappa shape index (κ2) is 10.7. The number of benzene rings is 3. The van der Waals surface area contributed by atoms with Crippen molar-refractivity contribution >= 4 is 52.2 Å². The number of amides is 4. The Kier molecular flexibility index (Phi) is 7.18. The lowest BCUT2D eigenvalue weighted by atomic mass is 10.1. The number of anilines is 1. The monoisotopic (exact) mass is 630 g/mol. The molecule has 0 saturated carbocycles. The maximum Gasteiger partial charge on any atom is 0.335 e. The van der Waals surface area contributed by atoms with E-state index in [1.807, 2.05) is 25.1 Å². The molecule has 9 nitrogen and oxygen atoms in total. The number of hydrogen-bond acceptors (Lipinski definition) is 7. The van der Waals surface area contributed by atoms with Crippen molar-refractivity contribution in [3.05, 3.63) is 80.7 Å². The van der Waals surface area contributed by atoms with E-state index in [2.05, 4.69) is 27.9 Å². The smallest absolute Gasteiger partial charge is 0.335 e. The molecule has 0 atom stereocenters. The number of fused-ring (bicyclic) bond motifs is 1. The quantitative estimate of drug-likeness (QED) is 0.227. The number of urea groups is 1. The molecule has 5 rings (SSSR count). The first kappa shape index (κ1) is 25.5. The summed E-state index contributed by atoms with van der Waals surface area (Å²) in [5.41, 5.74) is 1.22. The number of nitrogens with zero attached hydrogens (tertiary/aromatic N) is 1. The third-order valence-corrected chi connectivity index (χ3v) is 6.45. The lowest BCUT2D eigenvalue weighted by Gasteiger charge is -2.26. The average molecular weight is 630 g/mol. The van der Waals surface area contributed by atoms with Crippen molar-refractivity contribution in [2.45, 2.75) is 13.5 Å². The summed E-state index contributed by atoms with van der Waals surface area (Å²) in [5.74, 6) is 0.0466. The van der Waals surface area contributed by atoms with Gasteiger partial charge in [0.15, 0.2) is 23.0 Å². The molecule has 194 valence electrons. The number of rotatable bonds is 7. The van der Waals surface area contributed by atoms with Crippen LogP contribution in [0, 0.1) is 9.39 Å². The molecule has 1 N–H and O–H groups in total. The second-order valence-electron chi connectivity index (χ2n) is 8.17. The van der Waals surface area contributed by atoms with Gasteiger partial charge in [-0.1, -0.05) is 6.07 Å². The van der Waals surface area contributed by atoms with Gasteiger partial charge in [-0.3, -0.25) is 14.9 Å².